The minimum Gasteiger partial charge on any atom is -0.120 e. The molecule has 0 aliphatic carbocycles. The average Bonchev–Trinajstić information content (AvgIpc) is 1.95. The summed E-state index contributed by atoms with van der Waals surface area (Å²) in [5.74, 6) is 3.47. The van der Waals surface area contributed by atoms with Crippen LogP contribution >= 0.6 is 0 Å². The monoisotopic (exact) mass is 224 g/mol. The molecule has 0 heterocycles. The molecular weight excluding hydrogens is 192 g/mol. The van der Waals surface area contributed by atoms with Crippen LogP contribution in [0.15, 0.2) is 0 Å². The fraction of sp³-hybridized carbons (Fsp3) is 0.875. The lowest BCUT2D eigenvalue weighted by molar-refractivity contribution is 0.320. The summed E-state index contributed by atoms with van der Waals surface area (Å²) in [6.45, 7) is 18.0. The average molecular weight is 224 g/mol. The number of terminal acetylenes is 1. The smallest absolute Gasteiger partial charge is 0.00910 e. The predicted molar refractivity (Wildman–Crippen MR) is 76.4 cm³/mol. The third-order valence-electron chi connectivity index (χ3n) is 2.04. The van der Waals surface area contributed by atoms with Crippen LogP contribution in [0, 0.1) is 29.1 Å². The van der Waals surface area contributed by atoms with Crippen molar-refractivity contribution < 1.29 is 0 Å². The van der Waals surface area contributed by atoms with Crippen LogP contribution in [-0.2, 0) is 0 Å². The Morgan fingerprint density at radius 2 is 1.38 bits per heavy atom. The van der Waals surface area contributed by atoms with Crippen molar-refractivity contribution in [3.63, 3.8) is 0 Å². The normalized spacial score (nSPS) is 11.8. The number of hydrogen-bond acceptors (Lipinski definition) is 0. The molecule has 0 aromatic heterocycles. The molecule has 16 heavy (non-hydrogen) atoms. The predicted octanol–water partition coefficient (Wildman–Crippen LogP) is 5.52. The standard InChI is InChI=1S/C8H18.C8H14/c1-7(2)6-8(3,4)5;1-5-6-7-8(2,3)4/h7H,6H2,1-5H3;1H,6-7H2,2-4H3. The lowest BCUT2D eigenvalue weighted by atomic mass is 9.86. The van der Waals surface area contributed by atoms with Gasteiger partial charge in [-0.2, -0.15) is 0 Å². The van der Waals surface area contributed by atoms with Gasteiger partial charge in [0.1, 0.15) is 0 Å². The zero-order valence-electron chi connectivity index (χ0n) is 12.8. The van der Waals surface area contributed by atoms with Crippen LogP contribution in [0.2, 0.25) is 0 Å². The summed E-state index contributed by atoms with van der Waals surface area (Å²) in [5, 5.41) is 0. The van der Waals surface area contributed by atoms with Gasteiger partial charge in [-0.05, 0) is 29.6 Å². The minimum atomic E-state index is 0.409. The van der Waals surface area contributed by atoms with Gasteiger partial charge in [-0.1, -0.05) is 55.4 Å². The van der Waals surface area contributed by atoms with Crippen LogP contribution in [0.3, 0.4) is 0 Å². The SMILES string of the molecule is C#CCCC(C)(C)C.CC(C)CC(C)(C)C. The first-order valence-corrected chi connectivity index (χ1v) is 6.41. The third-order valence-corrected chi connectivity index (χ3v) is 2.04. The highest BCUT2D eigenvalue weighted by Gasteiger charge is 2.11. The molecule has 0 rings (SSSR count). The summed E-state index contributed by atoms with van der Waals surface area (Å²) < 4.78 is 0. The number of rotatable bonds is 2. The first kappa shape index (κ1) is 17.9. The van der Waals surface area contributed by atoms with Crippen molar-refractivity contribution in [3.05, 3.63) is 0 Å². The quantitative estimate of drug-likeness (QED) is 0.541. The second-order valence-electron chi connectivity index (χ2n) is 7.42. The van der Waals surface area contributed by atoms with Gasteiger partial charge in [-0.3, -0.25) is 0 Å². The van der Waals surface area contributed by atoms with Crippen LogP contribution in [0.1, 0.15) is 74.7 Å². The Balaban J connectivity index is 0. The number of hydrogen-bond donors (Lipinski definition) is 0. The van der Waals surface area contributed by atoms with E-state index >= 15 is 0 Å². The van der Waals surface area contributed by atoms with Crippen molar-refractivity contribution >= 4 is 0 Å². The van der Waals surface area contributed by atoms with E-state index in [2.05, 4.69) is 61.3 Å². The second kappa shape index (κ2) is 7.77. The van der Waals surface area contributed by atoms with Crippen molar-refractivity contribution in [3.8, 4) is 12.3 Å². The Labute approximate surface area is 104 Å². The summed E-state index contributed by atoms with van der Waals surface area (Å²) in [7, 11) is 0. The van der Waals surface area contributed by atoms with Crippen LogP contribution < -0.4 is 0 Å². The van der Waals surface area contributed by atoms with E-state index in [0.717, 1.165) is 18.8 Å². The van der Waals surface area contributed by atoms with Gasteiger partial charge in [-0.15, -0.1) is 12.3 Å². The molecule has 0 aliphatic rings. The first-order chi connectivity index (χ1) is 6.98. The molecule has 0 saturated carbocycles. The Morgan fingerprint density at radius 1 is 0.938 bits per heavy atom. The summed E-state index contributed by atoms with van der Waals surface area (Å²) in [6.07, 6.45) is 8.45. The molecule has 96 valence electrons. The maximum Gasteiger partial charge on any atom is 0.00910 e. The fourth-order valence-electron chi connectivity index (χ4n) is 1.67. The van der Waals surface area contributed by atoms with Crippen molar-refractivity contribution in [1.29, 1.82) is 0 Å². The summed E-state index contributed by atoms with van der Waals surface area (Å²) in [6, 6.07) is 0. The molecule has 0 saturated heterocycles. The van der Waals surface area contributed by atoms with Gasteiger partial charge >= 0.3 is 0 Å². The molecule has 0 radical (unpaired) electrons. The molecule has 0 aliphatic heterocycles. The fourth-order valence-corrected chi connectivity index (χ4v) is 1.67. The van der Waals surface area contributed by atoms with Crippen LogP contribution in [0.25, 0.3) is 0 Å². The zero-order valence-corrected chi connectivity index (χ0v) is 12.8. The van der Waals surface area contributed by atoms with Crippen molar-refractivity contribution in [1.82, 2.24) is 0 Å². The highest BCUT2D eigenvalue weighted by molar-refractivity contribution is 4.85. The van der Waals surface area contributed by atoms with Gasteiger partial charge in [0.2, 0.25) is 0 Å². The molecule has 0 spiro atoms. The van der Waals surface area contributed by atoms with Gasteiger partial charge in [0, 0.05) is 6.42 Å². The van der Waals surface area contributed by atoms with Crippen LogP contribution in [0.5, 0.6) is 0 Å². The van der Waals surface area contributed by atoms with E-state index < -0.39 is 0 Å². The topological polar surface area (TPSA) is 0 Å². The van der Waals surface area contributed by atoms with Crippen molar-refractivity contribution in [2.75, 3.05) is 0 Å². The molecule has 0 atom stereocenters. The Kier molecular flexibility index (Phi) is 8.71. The summed E-state index contributed by atoms with van der Waals surface area (Å²) in [5.41, 5.74) is 0.931. The van der Waals surface area contributed by atoms with Crippen LogP contribution in [-0.4, -0.2) is 0 Å². The molecule has 0 nitrogen and oxygen atoms in total. The lowest BCUT2D eigenvalue weighted by Crippen LogP contribution is -2.08. The van der Waals surface area contributed by atoms with Crippen molar-refractivity contribution in [2.45, 2.75) is 74.7 Å². The maximum atomic E-state index is 5.09. The molecule has 0 amide bonds. The lowest BCUT2D eigenvalue weighted by Gasteiger charge is -2.19. The largest absolute Gasteiger partial charge is 0.120 e. The van der Waals surface area contributed by atoms with Crippen molar-refractivity contribution in [2.24, 2.45) is 16.7 Å². The minimum absolute atomic E-state index is 0.409. The van der Waals surface area contributed by atoms with Gasteiger partial charge < -0.3 is 0 Å². The van der Waals surface area contributed by atoms with E-state index in [4.69, 9.17) is 6.42 Å². The second-order valence-corrected chi connectivity index (χ2v) is 7.42. The van der Waals surface area contributed by atoms with Gasteiger partial charge in [0.15, 0.2) is 0 Å². The molecule has 0 aromatic rings. The van der Waals surface area contributed by atoms with E-state index in [-0.39, 0.29) is 0 Å². The van der Waals surface area contributed by atoms with E-state index in [1.165, 1.54) is 6.42 Å². The first-order valence-electron chi connectivity index (χ1n) is 6.41. The highest BCUT2D eigenvalue weighted by atomic mass is 14.2. The van der Waals surface area contributed by atoms with Gasteiger partial charge in [0.25, 0.3) is 0 Å². The molecule has 0 N–H and O–H groups in total. The summed E-state index contributed by atoms with van der Waals surface area (Å²) >= 11 is 0. The maximum absolute atomic E-state index is 5.09. The zero-order chi connectivity index (χ0) is 13.4. The van der Waals surface area contributed by atoms with E-state index in [9.17, 15) is 0 Å². The van der Waals surface area contributed by atoms with Crippen LogP contribution in [0.4, 0.5) is 0 Å². The van der Waals surface area contributed by atoms with Gasteiger partial charge in [-0.25, -0.2) is 0 Å². The Morgan fingerprint density at radius 3 is 1.44 bits per heavy atom. The molecular formula is C16H32. The van der Waals surface area contributed by atoms with Gasteiger partial charge in [0.05, 0.1) is 0 Å². The Bertz CT molecular complexity index is 190. The molecule has 0 bridgehead atoms. The molecule has 0 aromatic carbocycles. The van der Waals surface area contributed by atoms with E-state index in [1.807, 2.05) is 0 Å². The van der Waals surface area contributed by atoms with E-state index in [1.54, 1.807) is 0 Å². The molecule has 0 heteroatoms. The molecule has 0 fully saturated rings. The third kappa shape index (κ3) is 23.4. The summed E-state index contributed by atoms with van der Waals surface area (Å²) in [4.78, 5) is 0. The van der Waals surface area contributed by atoms with E-state index in [0.29, 0.717) is 10.8 Å². The molecule has 0 unspecified atom stereocenters. The Hall–Kier alpha value is -0.440. The highest BCUT2D eigenvalue weighted by Crippen LogP contribution is 2.23.